The Morgan fingerprint density at radius 1 is 1.47 bits per heavy atom. The number of nitrogens with one attached hydrogen (secondary N) is 1. The molecule has 4 heteroatoms. The number of hydrogen-bond acceptors (Lipinski definition) is 3. The fraction of sp³-hybridized carbons (Fsp3) is 0.909. The van der Waals surface area contributed by atoms with E-state index in [9.17, 15) is 4.79 Å². The second-order valence-electron chi connectivity index (χ2n) is 4.73. The summed E-state index contributed by atoms with van der Waals surface area (Å²) < 4.78 is 0. The summed E-state index contributed by atoms with van der Waals surface area (Å²) in [6.07, 6.45) is 5.36. The van der Waals surface area contributed by atoms with E-state index >= 15 is 0 Å². The van der Waals surface area contributed by atoms with Gasteiger partial charge in [0.05, 0.1) is 12.1 Å². The van der Waals surface area contributed by atoms with Gasteiger partial charge in [-0.3, -0.25) is 9.63 Å². The van der Waals surface area contributed by atoms with Crippen molar-refractivity contribution < 1.29 is 9.63 Å². The Kier molecular flexibility index (Phi) is 5.05. The van der Waals surface area contributed by atoms with Crippen LogP contribution >= 0.6 is 0 Å². The molecule has 0 saturated heterocycles. The minimum absolute atomic E-state index is 0.195. The van der Waals surface area contributed by atoms with Gasteiger partial charge in [-0.15, -0.1) is 0 Å². The first-order valence-electron chi connectivity index (χ1n) is 5.80. The molecule has 0 unspecified atom stereocenters. The Labute approximate surface area is 91.5 Å². The molecule has 1 atom stereocenters. The van der Waals surface area contributed by atoms with Crippen LogP contribution in [0.1, 0.15) is 46.0 Å². The van der Waals surface area contributed by atoms with Crippen molar-refractivity contribution in [2.75, 3.05) is 0 Å². The first kappa shape index (κ1) is 12.5. The monoisotopic (exact) mass is 214 g/mol. The second kappa shape index (κ2) is 6.08. The highest BCUT2D eigenvalue weighted by Gasteiger charge is 2.19. The Balaban J connectivity index is 2.16. The van der Waals surface area contributed by atoms with Crippen LogP contribution in [0.5, 0.6) is 0 Å². The van der Waals surface area contributed by atoms with Crippen LogP contribution in [0.15, 0.2) is 0 Å². The zero-order valence-corrected chi connectivity index (χ0v) is 9.66. The molecule has 1 fully saturated rings. The summed E-state index contributed by atoms with van der Waals surface area (Å²) in [5.74, 6) is 0.229. The van der Waals surface area contributed by atoms with Gasteiger partial charge in [-0.2, -0.15) is 0 Å². The molecule has 0 bridgehead atoms. The first-order chi connectivity index (χ1) is 7.09. The van der Waals surface area contributed by atoms with E-state index in [4.69, 9.17) is 10.6 Å². The molecule has 0 spiro atoms. The molecule has 4 nitrogen and oxygen atoms in total. The molecular weight excluding hydrogens is 192 g/mol. The Hall–Kier alpha value is -0.610. The maximum absolute atomic E-state index is 11.5. The molecule has 0 heterocycles. The average Bonchev–Trinajstić information content (AvgIpc) is 2.65. The summed E-state index contributed by atoms with van der Waals surface area (Å²) in [6.45, 7) is 4.09. The molecule has 1 aliphatic rings. The molecule has 88 valence electrons. The average molecular weight is 214 g/mol. The number of carbonyl (C=O) groups excluding carboxylic acids is 1. The van der Waals surface area contributed by atoms with Crippen LogP contribution in [0.2, 0.25) is 0 Å². The van der Waals surface area contributed by atoms with Gasteiger partial charge in [0, 0.05) is 0 Å². The van der Waals surface area contributed by atoms with Crippen molar-refractivity contribution >= 4 is 5.91 Å². The van der Waals surface area contributed by atoms with E-state index in [2.05, 4.69) is 5.48 Å². The quantitative estimate of drug-likeness (QED) is 0.679. The van der Waals surface area contributed by atoms with Crippen molar-refractivity contribution in [3.63, 3.8) is 0 Å². The van der Waals surface area contributed by atoms with E-state index in [0.29, 0.717) is 12.3 Å². The fourth-order valence-electron chi connectivity index (χ4n) is 1.84. The lowest BCUT2D eigenvalue weighted by molar-refractivity contribution is -0.139. The van der Waals surface area contributed by atoms with Gasteiger partial charge in [0.15, 0.2) is 0 Å². The van der Waals surface area contributed by atoms with Gasteiger partial charge in [-0.1, -0.05) is 26.7 Å². The molecule has 0 aromatic heterocycles. The highest BCUT2D eigenvalue weighted by atomic mass is 16.7. The Bertz CT molecular complexity index is 201. The van der Waals surface area contributed by atoms with Crippen molar-refractivity contribution in [2.24, 2.45) is 11.7 Å². The van der Waals surface area contributed by atoms with E-state index in [1.165, 1.54) is 12.8 Å². The summed E-state index contributed by atoms with van der Waals surface area (Å²) in [7, 11) is 0. The third-order valence-electron chi connectivity index (χ3n) is 2.69. The topological polar surface area (TPSA) is 64.4 Å². The number of amides is 1. The largest absolute Gasteiger partial charge is 0.320 e. The van der Waals surface area contributed by atoms with E-state index in [-0.39, 0.29) is 12.0 Å². The van der Waals surface area contributed by atoms with Crippen LogP contribution in [0.4, 0.5) is 0 Å². The molecule has 1 amide bonds. The molecule has 1 rings (SSSR count). The number of hydroxylamine groups is 1. The molecular formula is C11H22N2O2. The van der Waals surface area contributed by atoms with Crippen LogP contribution in [0.3, 0.4) is 0 Å². The van der Waals surface area contributed by atoms with Crippen molar-refractivity contribution in [1.82, 2.24) is 5.48 Å². The van der Waals surface area contributed by atoms with E-state index in [1.54, 1.807) is 0 Å². The molecule has 15 heavy (non-hydrogen) atoms. The highest BCUT2D eigenvalue weighted by molar-refractivity contribution is 5.80. The van der Waals surface area contributed by atoms with Gasteiger partial charge in [0.2, 0.25) is 0 Å². The normalized spacial score (nSPS) is 19.5. The number of hydrogen-bond donors (Lipinski definition) is 2. The molecule has 3 N–H and O–H groups in total. The predicted molar refractivity (Wildman–Crippen MR) is 58.9 cm³/mol. The van der Waals surface area contributed by atoms with Crippen molar-refractivity contribution in [1.29, 1.82) is 0 Å². The van der Waals surface area contributed by atoms with Crippen molar-refractivity contribution in [2.45, 2.75) is 58.1 Å². The molecule has 0 aromatic carbocycles. The maximum Gasteiger partial charge on any atom is 0.260 e. The first-order valence-corrected chi connectivity index (χ1v) is 5.80. The van der Waals surface area contributed by atoms with Crippen LogP contribution in [0, 0.1) is 5.92 Å². The second-order valence-corrected chi connectivity index (χ2v) is 4.73. The maximum atomic E-state index is 11.5. The third-order valence-corrected chi connectivity index (χ3v) is 2.69. The van der Waals surface area contributed by atoms with Crippen LogP contribution in [-0.4, -0.2) is 18.1 Å². The number of nitrogens with two attached hydrogens (primary N) is 1. The number of rotatable bonds is 5. The lowest BCUT2D eigenvalue weighted by Gasteiger charge is -2.16. The van der Waals surface area contributed by atoms with Gasteiger partial charge < -0.3 is 5.73 Å². The summed E-state index contributed by atoms with van der Waals surface area (Å²) in [6, 6.07) is -0.452. The summed E-state index contributed by atoms with van der Waals surface area (Å²) in [5.41, 5.74) is 8.18. The van der Waals surface area contributed by atoms with Crippen molar-refractivity contribution in [3.05, 3.63) is 0 Å². The summed E-state index contributed by atoms with van der Waals surface area (Å²) in [4.78, 5) is 16.8. The van der Waals surface area contributed by atoms with Gasteiger partial charge >= 0.3 is 0 Å². The lowest BCUT2D eigenvalue weighted by Crippen LogP contribution is -2.42. The molecule has 0 aromatic rings. The van der Waals surface area contributed by atoms with E-state index in [1.807, 2.05) is 13.8 Å². The number of carbonyl (C=O) groups is 1. The summed E-state index contributed by atoms with van der Waals surface area (Å²) >= 11 is 0. The summed E-state index contributed by atoms with van der Waals surface area (Å²) in [5, 5.41) is 0. The zero-order chi connectivity index (χ0) is 11.3. The minimum Gasteiger partial charge on any atom is -0.320 e. The van der Waals surface area contributed by atoms with Gasteiger partial charge in [0.1, 0.15) is 0 Å². The molecule has 0 aliphatic heterocycles. The van der Waals surface area contributed by atoms with E-state index in [0.717, 1.165) is 12.8 Å². The smallest absolute Gasteiger partial charge is 0.260 e. The lowest BCUT2D eigenvalue weighted by atomic mass is 10.0. The van der Waals surface area contributed by atoms with E-state index < -0.39 is 6.04 Å². The molecule has 1 saturated carbocycles. The fourth-order valence-corrected chi connectivity index (χ4v) is 1.84. The van der Waals surface area contributed by atoms with Crippen LogP contribution in [0.25, 0.3) is 0 Å². The zero-order valence-electron chi connectivity index (χ0n) is 9.66. The third kappa shape index (κ3) is 4.62. The van der Waals surface area contributed by atoms with Gasteiger partial charge in [0.25, 0.3) is 5.91 Å². The Morgan fingerprint density at radius 3 is 2.60 bits per heavy atom. The highest BCUT2D eigenvalue weighted by Crippen LogP contribution is 2.19. The minimum atomic E-state index is -0.452. The molecule has 0 radical (unpaired) electrons. The SMILES string of the molecule is CC(C)C[C@H](N)C(=O)NOC1CCCC1. The van der Waals surface area contributed by atoms with Crippen molar-refractivity contribution in [3.8, 4) is 0 Å². The van der Waals surface area contributed by atoms with Gasteiger partial charge in [-0.25, -0.2) is 5.48 Å². The van der Waals surface area contributed by atoms with Gasteiger partial charge in [-0.05, 0) is 25.2 Å². The Morgan fingerprint density at radius 2 is 2.07 bits per heavy atom. The molecule has 1 aliphatic carbocycles. The predicted octanol–water partition coefficient (Wildman–Crippen LogP) is 1.35. The standard InChI is InChI=1S/C11H22N2O2/c1-8(2)7-10(12)11(14)13-15-9-5-3-4-6-9/h8-10H,3-7,12H2,1-2H3,(H,13,14)/t10-/m0/s1. The van der Waals surface area contributed by atoms with Crippen LogP contribution in [-0.2, 0) is 9.63 Å². The van der Waals surface area contributed by atoms with Crippen LogP contribution < -0.4 is 11.2 Å².